The van der Waals surface area contributed by atoms with Gasteiger partial charge in [0, 0.05) is 17.9 Å². The third kappa shape index (κ3) is 3.66. The van der Waals surface area contributed by atoms with Gasteiger partial charge in [0.1, 0.15) is 0 Å². The van der Waals surface area contributed by atoms with E-state index in [-0.39, 0.29) is 0 Å². The molecule has 0 atom stereocenters. The molecule has 7 heteroatoms. The van der Waals surface area contributed by atoms with Gasteiger partial charge >= 0.3 is 13.3 Å². The Morgan fingerprint density at radius 2 is 1.55 bits per heavy atom. The minimum Gasteiger partial charge on any atom is -0.399 e. The zero-order chi connectivity index (χ0) is 21.0. The van der Waals surface area contributed by atoms with Crippen molar-refractivity contribution >= 4 is 24.0 Å². The first-order valence-electron chi connectivity index (χ1n) is 9.91. The molecule has 1 saturated heterocycles. The molecule has 154 valence electrons. The van der Waals surface area contributed by atoms with E-state index in [9.17, 15) is 13.2 Å². The highest BCUT2D eigenvalue weighted by molar-refractivity contribution is 6.62. The summed E-state index contributed by atoms with van der Waals surface area (Å²) in [6.07, 6.45) is -2.48. The van der Waals surface area contributed by atoms with Crippen molar-refractivity contribution in [3.05, 3.63) is 53.6 Å². The van der Waals surface area contributed by atoms with Crippen LogP contribution in [-0.2, 0) is 21.9 Å². The van der Waals surface area contributed by atoms with Crippen molar-refractivity contribution in [2.75, 3.05) is 11.4 Å². The third-order valence-corrected chi connectivity index (χ3v) is 6.25. The molecule has 2 aliphatic heterocycles. The minimum atomic E-state index is -4.32. The van der Waals surface area contributed by atoms with Crippen molar-refractivity contribution in [2.24, 2.45) is 0 Å². The Hall–Kier alpha value is -1.99. The van der Waals surface area contributed by atoms with Crippen LogP contribution in [0, 0.1) is 0 Å². The van der Waals surface area contributed by atoms with E-state index in [0.29, 0.717) is 0 Å². The number of rotatable bonds is 2. The van der Waals surface area contributed by atoms with E-state index in [2.05, 4.69) is 11.0 Å². The average Bonchev–Trinajstić information content (AvgIpc) is 2.87. The summed E-state index contributed by atoms with van der Waals surface area (Å²) < 4.78 is 50.9. The predicted octanol–water partition coefficient (Wildman–Crippen LogP) is 5.09. The van der Waals surface area contributed by atoms with E-state index in [1.807, 2.05) is 39.8 Å². The lowest BCUT2D eigenvalue weighted by Crippen LogP contribution is -2.41. The van der Waals surface area contributed by atoms with Crippen LogP contribution >= 0.6 is 0 Å². The fourth-order valence-corrected chi connectivity index (χ4v) is 3.84. The molecule has 0 N–H and O–H groups in total. The smallest absolute Gasteiger partial charge is 0.399 e. The number of hydrogen-bond acceptors (Lipinski definition) is 3. The second kappa shape index (κ2) is 6.78. The molecule has 2 aromatic rings. The molecule has 2 aromatic carbocycles. The summed E-state index contributed by atoms with van der Waals surface area (Å²) in [7, 11) is -0.424. The summed E-state index contributed by atoms with van der Waals surface area (Å²) in [6.45, 7) is 8.87. The summed E-state index contributed by atoms with van der Waals surface area (Å²) in [4.78, 5) is 2.08. The molecule has 1 fully saturated rings. The van der Waals surface area contributed by atoms with Crippen molar-refractivity contribution < 1.29 is 22.5 Å². The van der Waals surface area contributed by atoms with Crippen LogP contribution in [0.25, 0.3) is 0 Å². The van der Waals surface area contributed by atoms with Gasteiger partial charge in [-0.3, -0.25) is 0 Å². The van der Waals surface area contributed by atoms with Crippen LogP contribution in [0.4, 0.5) is 24.5 Å². The second-order valence-electron chi connectivity index (χ2n) is 8.78. The first kappa shape index (κ1) is 20.3. The van der Waals surface area contributed by atoms with Gasteiger partial charge in [-0.25, -0.2) is 0 Å². The van der Waals surface area contributed by atoms with Crippen LogP contribution in [-0.4, -0.2) is 24.9 Å². The zero-order valence-corrected chi connectivity index (χ0v) is 17.1. The molecule has 0 unspecified atom stereocenters. The van der Waals surface area contributed by atoms with Gasteiger partial charge in [0.2, 0.25) is 0 Å². The maximum Gasteiger partial charge on any atom is 0.494 e. The average molecular weight is 403 g/mol. The lowest BCUT2D eigenvalue weighted by Gasteiger charge is -2.32. The standard InChI is InChI=1S/C22H25BF3NO2/c1-20(2)21(3,4)29-23(28-20)17-9-12-19-15(14-17)6-5-13-27(19)18-10-7-16(8-11-18)22(24,25)26/h7-12,14H,5-6,13H2,1-4H3. The number of benzene rings is 2. The molecule has 0 radical (unpaired) electrons. The van der Waals surface area contributed by atoms with Crippen molar-refractivity contribution in [1.29, 1.82) is 0 Å². The first-order valence-corrected chi connectivity index (χ1v) is 9.91. The Labute approximate surface area is 170 Å². The molecule has 4 rings (SSSR count). The van der Waals surface area contributed by atoms with Crippen molar-refractivity contribution in [1.82, 2.24) is 0 Å². The number of halogens is 3. The molecular formula is C22H25BF3NO2. The molecule has 0 spiro atoms. The van der Waals surface area contributed by atoms with Gasteiger partial charge in [0.15, 0.2) is 0 Å². The molecule has 3 nitrogen and oxygen atoms in total. The Morgan fingerprint density at radius 3 is 2.14 bits per heavy atom. The Balaban J connectivity index is 1.61. The van der Waals surface area contributed by atoms with E-state index in [0.717, 1.165) is 53.9 Å². The molecular weight excluding hydrogens is 378 g/mol. The van der Waals surface area contributed by atoms with Crippen LogP contribution in [0.5, 0.6) is 0 Å². The lowest BCUT2D eigenvalue weighted by molar-refractivity contribution is -0.137. The number of anilines is 2. The fraction of sp³-hybridized carbons (Fsp3) is 0.455. The summed E-state index contributed by atoms with van der Waals surface area (Å²) in [5.74, 6) is 0. The topological polar surface area (TPSA) is 21.7 Å². The van der Waals surface area contributed by atoms with Gasteiger partial charge in [-0.05, 0) is 81.9 Å². The van der Waals surface area contributed by atoms with Gasteiger partial charge in [0.05, 0.1) is 16.8 Å². The van der Waals surface area contributed by atoms with Gasteiger partial charge in [-0.15, -0.1) is 0 Å². The van der Waals surface area contributed by atoms with E-state index in [1.165, 1.54) is 0 Å². The maximum atomic E-state index is 12.9. The minimum absolute atomic E-state index is 0.403. The predicted molar refractivity (Wildman–Crippen MR) is 109 cm³/mol. The highest BCUT2D eigenvalue weighted by atomic mass is 19.4. The highest BCUT2D eigenvalue weighted by Gasteiger charge is 2.51. The summed E-state index contributed by atoms with van der Waals surface area (Å²) in [6, 6.07) is 11.5. The van der Waals surface area contributed by atoms with Crippen LogP contribution in [0.1, 0.15) is 45.2 Å². The number of nitrogens with zero attached hydrogens (tertiary/aromatic N) is 1. The molecule has 0 aliphatic carbocycles. The highest BCUT2D eigenvalue weighted by Crippen LogP contribution is 2.38. The molecule has 0 bridgehead atoms. The number of aryl methyl sites for hydroxylation is 1. The normalized spacial score (nSPS) is 20.7. The largest absolute Gasteiger partial charge is 0.494 e. The maximum absolute atomic E-state index is 12.9. The Kier molecular flexibility index (Phi) is 4.74. The van der Waals surface area contributed by atoms with Crippen LogP contribution in [0.3, 0.4) is 0 Å². The van der Waals surface area contributed by atoms with Crippen molar-refractivity contribution in [3.8, 4) is 0 Å². The van der Waals surface area contributed by atoms with E-state index in [4.69, 9.17) is 9.31 Å². The van der Waals surface area contributed by atoms with E-state index < -0.39 is 30.1 Å². The van der Waals surface area contributed by atoms with E-state index >= 15 is 0 Å². The molecule has 2 aliphatic rings. The molecule has 29 heavy (non-hydrogen) atoms. The van der Waals surface area contributed by atoms with E-state index in [1.54, 1.807) is 12.1 Å². The van der Waals surface area contributed by atoms with Gasteiger partial charge in [-0.2, -0.15) is 13.2 Å². The quantitative estimate of drug-likeness (QED) is 0.653. The first-order chi connectivity index (χ1) is 13.5. The molecule has 0 saturated carbocycles. The Morgan fingerprint density at radius 1 is 0.931 bits per heavy atom. The Bertz CT molecular complexity index is 893. The van der Waals surface area contributed by atoms with Gasteiger partial charge in [0.25, 0.3) is 0 Å². The second-order valence-corrected chi connectivity index (χ2v) is 8.78. The van der Waals surface area contributed by atoms with Crippen LogP contribution < -0.4 is 10.4 Å². The number of hydrogen-bond donors (Lipinski definition) is 0. The summed E-state index contributed by atoms with van der Waals surface area (Å²) in [5.41, 5.74) is 2.48. The SMILES string of the molecule is CC1(C)OB(c2ccc3c(c2)CCCN3c2ccc(C(F)(F)F)cc2)OC1(C)C. The molecule has 2 heterocycles. The number of fused-ring (bicyclic) bond motifs is 1. The van der Waals surface area contributed by atoms with Crippen molar-refractivity contribution in [3.63, 3.8) is 0 Å². The monoisotopic (exact) mass is 403 g/mol. The van der Waals surface area contributed by atoms with Gasteiger partial charge < -0.3 is 14.2 Å². The summed E-state index contributed by atoms with van der Waals surface area (Å²) in [5, 5.41) is 0. The van der Waals surface area contributed by atoms with Crippen molar-refractivity contribution in [2.45, 2.75) is 57.9 Å². The van der Waals surface area contributed by atoms with Gasteiger partial charge in [-0.1, -0.05) is 12.1 Å². The molecule has 0 amide bonds. The number of alkyl halides is 3. The summed E-state index contributed by atoms with van der Waals surface area (Å²) >= 11 is 0. The third-order valence-electron chi connectivity index (χ3n) is 6.25. The van der Waals surface area contributed by atoms with Crippen LogP contribution in [0.15, 0.2) is 42.5 Å². The zero-order valence-electron chi connectivity index (χ0n) is 17.1. The fourth-order valence-electron chi connectivity index (χ4n) is 3.84. The lowest BCUT2D eigenvalue weighted by atomic mass is 9.77. The molecule has 0 aromatic heterocycles. The van der Waals surface area contributed by atoms with Crippen LogP contribution in [0.2, 0.25) is 0 Å².